The minimum atomic E-state index is -1.41. The molecule has 0 unspecified atom stereocenters. The number of aromatic nitrogens is 3. The number of aryl methyl sites for hydroxylation is 1. The second kappa shape index (κ2) is 12.2. The number of rotatable bonds is 3. The molecule has 0 atom stereocenters. The molecule has 0 saturated heterocycles. The summed E-state index contributed by atoms with van der Waals surface area (Å²) in [6, 6.07) is 28.5. The van der Waals surface area contributed by atoms with Gasteiger partial charge in [0.15, 0.2) is 0 Å². The van der Waals surface area contributed by atoms with Crippen molar-refractivity contribution in [1.29, 1.82) is 0 Å². The van der Waals surface area contributed by atoms with Gasteiger partial charge in [0.2, 0.25) is 5.71 Å². The smallest absolute Gasteiger partial charge is 0.216 e. The number of hydrogen-bond donors (Lipinski definition) is 0. The molecule has 0 N–H and O–H groups in total. The molecule has 0 saturated carbocycles. The van der Waals surface area contributed by atoms with Gasteiger partial charge in [0.1, 0.15) is 0 Å². The summed E-state index contributed by atoms with van der Waals surface area (Å²) in [6.45, 7) is 9.25. The number of fused-ring (bicyclic) bond motifs is 4. The Kier molecular flexibility index (Phi) is 8.65. The Morgan fingerprint density at radius 1 is 0.829 bits per heavy atom. The Hall–Kier alpha value is -3.44. The SMILES string of the molecule is Cc1ccc2c(n1)oc1c[c-]c(-c3ncc([Si](C)(C)C)c4c3CCCC4)cc12.[Ir].[c-]1ccccc1-c1ccccn1. The van der Waals surface area contributed by atoms with Crippen molar-refractivity contribution in [2.24, 2.45) is 0 Å². The van der Waals surface area contributed by atoms with Gasteiger partial charge >= 0.3 is 0 Å². The first-order valence-corrected chi connectivity index (χ1v) is 17.5. The summed E-state index contributed by atoms with van der Waals surface area (Å²) < 4.78 is 5.94. The summed E-state index contributed by atoms with van der Waals surface area (Å²) in [5.74, 6) is 0. The molecule has 0 fully saturated rings. The van der Waals surface area contributed by atoms with E-state index in [1.165, 1.54) is 30.0 Å². The Balaban J connectivity index is 0.000000218. The second-order valence-electron chi connectivity index (χ2n) is 11.5. The van der Waals surface area contributed by atoms with Crippen molar-refractivity contribution in [3.63, 3.8) is 0 Å². The van der Waals surface area contributed by atoms with Crippen LogP contribution in [0.5, 0.6) is 0 Å². The molecule has 0 amide bonds. The minimum Gasteiger partial charge on any atom is -0.486 e. The molecule has 4 aromatic heterocycles. The van der Waals surface area contributed by atoms with Gasteiger partial charge in [-0.15, -0.1) is 59.7 Å². The first-order chi connectivity index (χ1) is 19.4. The third-order valence-corrected chi connectivity index (χ3v) is 9.57. The predicted octanol–water partition coefficient (Wildman–Crippen LogP) is 8.12. The van der Waals surface area contributed by atoms with Crippen LogP contribution in [0.15, 0.2) is 83.5 Å². The average Bonchev–Trinajstić information content (AvgIpc) is 3.34. The molecule has 209 valence electrons. The molecular weight excluding hydrogens is 699 g/mol. The topological polar surface area (TPSA) is 51.8 Å². The number of nitrogens with zero attached hydrogens (tertiary/aromatic N) is 3. The number of pyridine rings is 3. The van der Waals surface area contributed by atoms with Gasteiger partial charge in [-0.2, -0.15) is 0 Å². The molecule has 6 heteroatoms. The molecule has 0 spiro atoms. The molecule has 1 aliphatic rings. The number of hydrogen-bond acceptors (Lipinski definition) is 4. The van der Waals surface area contributed by atoms with Gasteiger partial charge in [-0.05, 0) is 67.4 Å². The average molecular weight is 732 g/mol. The maximum atomic E-state index is 5.94. The van der Waals surface area contributed by atoms with E-state index in [4.69, 9.17) is 9.40 Å². The molecular formula is C35H33IrN3OSi-2. The zero-order valence-corrected chi connectivity index (χ0v) is 27.3. The van der Waals surface area contributed by atoms with Crippen molar-refractivity contribution in [2.75, 3.05) is 0 Å². The Morgan fingerprint density at radius 3 is 2.37 bits per heavy atom. The van der Waals surface area contributed by atoms with Gasteiger partial charge in [0, 0.05) is 43.6 Å². The largest absolute Gasteiger partial charge is 0.486 e. The molecule has 1 aliphatic carbocycles. The molecule has 7 rings (SSSR count). The summed E-state index contributed by atoms with van der Waals surface area (Å²) >= 11 is 0. The maximum Gasteiger partial charge on any atom is 0.216 e. The third kappa shape index (κ3) is 6.11. The Bertz CT molecular complexity index is 1760. The van der Waals surface area contributed by atoms with E-state index in [2.05, 4.69) is 60.1 Å². The zero-order chi connectivity index (χ0) is 27.7. The van der Waals surface area contributed by atoms with Gasteiger partial charge in [-0.25, -0.2) is 4.98 Å². The van der Waals surface area contributed by atoms with E-state index >= 15 is 0 Å². The first kappa shape index (κ1) is 29.1. The predicted molar refractivity (Wildman–Crippen MR) is 166 cm³/mol. The van der Waals surface area contributed by atoms with E-state index in [1.807, 2.05) is 61.5 Å². The van der Waals surface area contributed by atoms with Gasteiger partial charge < -0.3 is 14.4 Å². The van der Waals surface area contributed by atoms with Crippen molar-refractivity contribution in [3.8, 4) is 22.5 Å². The van der Waals surface area contributed by atoms with Crippen LogP contribution in [0.4, 0.5) is 0 Å². The van der Waals surface area contributed by atoms with Crippen LogP contribution in [0.1, 0.15) is 29.7 Å². The van der Waals surface area contributed by atoms with Crippen molar-refractivity contribution in [2.45, 2.75) is 52.2 Å². The van der Waals surface area contributed by atoms with Crippen molar-refractivity contribution in [1.82, 2.24) is 15.0 Å². The Morgan fingerprint density at radius 2 is 1.63 bits per heavy atom. The first-order valence-electron chi connectivity index (χ1n) is 14.0. The van der Waals surface area contributed by atoms with Crippen LogP contribution in [-0.4, -0.2) is 23.0 Å². The van der Waals surface area contributed by atoms with Gasteiger partial charge in [-0.1, -0.05) is 48.3 Å². The summed E-state index contributed by atoms with van der Waals surface area (Å²) in [6.07, 6.45) is 8.78. The standard InChI is InChI=1S/C24H25N2OSi.C11H8N.Ir/c1-15-9-11-19-20-13-16(10-12-21(20)27-24(19)26-15)23-18-8-6-5-7-17(18)22(14-25-23)28(2,3)4;1-2-6-10(7-3-1)11-8-4-5-9-12-11;/h9,11-14H,5-8H2,1-4H3;1-6,8-9H;/q2*-1;. The van der Waals surface area contributed by atoms with Crippen LogP contribution in [0.3, 0.4) is 0 Å². The summed E-state index contributed by atoms with van der Waals surface area (Å²) in [4.78, 5) is 13.7. The van der Waals surface area contributed by atoms with Crippen molar-refractivity contribution >= 4 is 35.3 Å². The zero-order valence-electron chi connectivity index (χ0n) is 23.9. The van der Waals surface area contributed by atoms with Crippen molar-refractivity contribution < 1.29 is 24.5 Å². The van der Waals surface area contributed by atoms with Crippen LogP contribution in [0, 0.1) is 19.1 Å². The Labute approximate surface area is 256 Å². The van der Waals surface area contributed by atoms with Crippen LogP contribution in [-0.2, 0) is 32.9 Å². The normalized spacial score (nSPS) is 12.8. The van der Waals surface area contributed by atoms with E-state index in [9.17, 15) is 0 Å². The van der Waals surface area contributed by atoms with Gasteiger partial charge in [0.25, 0.3) is 0 Å². The summed E-state index contributed by atoms with van der Waals surface area (Å²) in [5, 5.41) is 3.68. The fourth-order valence-electron chi connectivity index (χ4n) is 5.53. The van der Waals surface area contributed by atoms with Crippen LogP contribution >= 0.6 is 0 Å². The van der Waals surface area contributed by atoms with E-state index in [1.54, 1.807) is 11.8 Å². The van der Waals surface area contributed by atoms with E-state index < -0.39 is 8.07 Å². The monoisotopic (exact) mass is 732 g/mol. The molecule has 6 aromatic rings. The van der Waals surface area contributed by atoms with Crippen LogP contribution < -0.4 is 5.19 Å². The molecule has 41 heavy (non-hydrogen) atoms. The number of furan rings is 1. The van der Waals surface area contributed by atoms with Crippen molar-refractivity contribution in [3.05, 3.63) is 108 Å². The summed E-state index contributed by atoms with van der Waals surface area (Å²) in [5.41, 5.74) is 9.70. The molecule has 2 aromatic carbocycles. The molecule has 4 heterocycles. The molecule has 4 nitrogen and oxygen atoms in total. The fourth-order valence-corrected chi connectivity index (χ4v) is 7.16. The molecule has 0 bridgehead atoms. The van der Waals surface area contributed by atoms with E-state index in [0.717, 1.165) is 51.0 Å². The summed E-state index contributed by atoms with van der Waals surface area (Å²) in [7, 11) is -1.41. The van der Waals surface area contributed by atoms with Crippen LogP contribution in [0.2, 0.25) is 19.6 Å². The van der Waals surface area contributed by atoms with Crippen LogP contribution in [0.25, 0.3) is 44.6 Å². The van der Waals surface area contributed by atoms with E-state index in [0.29, 0.717) is 5.71 Å². The second-order valence-corrected chi connectivity index (χ2v) is 16.5. The van der Waals surface area contributed by atoms with Gasteiger partial charge in [-0.3, -0.25) is 0 Å². The van der Waals surface area contributed by atoms with Gasteiger partial charge in [0.05, 0.1) is 13.7 Å². The maximum absolute atomic E-state index is 5.94. The fraction of sp³-hybridized carbons (Fsp3) is 0.229. The quantitative estimate of drug-likeness (QED) is 0.136. The minimum absolute atomic E-state index is 0. The third-order valence-electron chi connectivity index (χ3n) is 7.52. The van der Waals surface area contributed by atoms with E-state index in [-0.39, 0.29) is 20.1 Å². The molecule has 0 aliphatic heterocycles. The number of benzene rings is 2. The molecule has 1 radical (unpaired) electrons.